The van der Waals surface area contributed by atoms with Gasteiger partial charge in [-0.2, -0.15) is 0 Å². The second-order valence-electron chi connectivity index (χ2n) is 4.12. The Morgan fingerprint density at radius 3 is 3.06 bits per heavy atom. The highest BCUT2D eigenvalue weighted by Gasteiger charge is 2.24. The van der Waals surface area contributed by atoms with Crippen LogP contribution < -0.4 is 4.90 Å². The number of hydrogen-bond acceptors (Lipinski definition) is 3. The molecule has 0 bridgehead atoms. The highest BCUT2D eigenvalue weighted by Crippen LogP contribution is 2.23. The van der Waals surface area contributed by atoms with Crippen LogP contribution in [0.1, 0.15) is 17.5 Å². The summed E-state index contributed by atoms with van der Waals surface area (Å²) in [4.78, 5) is 6.62. The quantitative estimate of drug-likeness (QED) is 0.702. The molecule has 0 spiro atoms. The topological polar surface area (TPSA) is 25.4 Å². The summed E-state index contributed by atoms with van der Waals surface area (Å²) in [7, 11) is 1.75. The fourth-order valence-electron chi connectivity index (χ4n) is 2.03. The number of aromatic nitrogens is 1. The number of ether oxygens (including phenoxy) is 1. The Morgan fingerprint density at radius 2 is 2.44 bits per heavy atom. The second-order valence-corrected chi connectivity index (χ2v) is 4.12. The predicted molar refractivity (Wildman–Crippen MR) is 64.5 cm³/mol. The van der Waals surface area contributed by atoms with E-state index in [1.54, 1.807) is 7.11 Å². The van der Waals surface area contributed by atoms with Crippen LogP contribution in [0, 0.1) is 19.3 Å². The van der Waals surface area contributed by atoms with Gasteiger partial charge in [-0.1, -0.05) is 5.92 Å². The Labute approximate surface area is 96.4 Å². The van der Waals surface area contributed by atoms with Gasteiger partial charge in [0.15, 0.2) is 0 Å². The maximum Gasteiger partial charge on any atom is 0.144 e. The van der Waals surface area contributed by atoms with Crippen molar-refractivity contribution < 1.29 is 4.74 Å². The lowest BCUT2D eigenvalue weighted by molar-refractivity contribution is 0.121. The van der Waals surface area contributed by atoms with Crippen LogP contribution in [0.2, 0.25) is 0 Å². The smallest absolute Gasteiger partial charge is 0.144 e. The third-order valence-corrected chi connectivity index (χ3v) is 2.94. The van der Waals surface area contributed by atoms with Gasteiger partial charge >= 0.3 is 0 Å². The zero-order valence-corrected chi connectivity index (χ0v) is 9.73. The predicted octanol–water partition coefficient (Wildman–Crippen LogP) is 1.60. The molecule has 1 fully saturated rings. The first kappa shape index (κ1) is 11.0. The molecule has 84 valence electrons. The van der Waals surface area contributed by atoms with Crippen molar-refractivity contribution in [2.45, 2.75) is 19.4 Å². The molecule has 1 saturated heterocycles. The van der Waals surface area contributed by atoms with Crippen LogP contribution in [-0.4, -0.2) is 31.3 Å². The lowest BCUT2D eigenvalue weighted by Crippen LogP contribution is -2.24. The molecule has 1 aliphatic heterocycles. The number of aryl methyl sites for hydroxylation is 1. The summed E-state index contributed by atoms with van der Waals surface area (Å²) in [5, 5.41) is 0. The van der Waals surface area contributed by atoms with Gasteiger partial charge in [-0.15, -0.1) is 6.42 Å². The molecule has 0 saturated carbocycles. The summed E-state index contributed by atoms with van der Waals surface area (Å²) in [5.74, 6) is 3.61. The Hall–Kier alpha value is -1.53. The Balaban J connectivity index is 2.25. The molecule has 2 heterocycles. The van der Waals surface area contributed by atoms with Crippen molar-refractivity contribution in [2.75, 3.05) is 25.1 Å². The molecular formula is C13H16N2O. The van der Waals surface area contributed by atoms with Crippen LogP contribution in [0.5, 0.6) is 0 Å². The van der Waals surface area contributed by atoms with Crippen LogP contribution in [0.4, 0.5) is 5.82 Å². The third-order valence-electron chi connectivity index (χ3n) is 2.94. The molecule has 2 rings (SSSR count). The van der Waals surface area contributed by atoms with Crippen molar-refractivity contribution in [1.29, 1.82) is 0 Å². The molecule has 0 N–H and O–H groups in total. The number of terminal acetylenes is 1. The Bertz CT molecular complexity index is 422. The van der Waals surface area contributed by atoms with Crippen LogP contribution in [0.25, 0.3) is 0 Å². The molecule has 3 nitrogen and oxygen atoms in total. The van der Waals surface area contributed by atoms with Gasteiger partial charge in [-0.05, 0) is 25.0 Å². The highest BCUT2D eigenvalue weighted by molar-refractivity contribution is 5.56. The summed E-state index contributed by atoms with van der Waals surface area (Å²) in [6, 6.07) is 2.00. The lowest BCUT2D eigenvalue weighted by atomic mass is 10.2. The monoisotopic (exact) mass is 216 g/mol. The van der Waals surface area contributed by atoms with Gasteiger partial charge in [0.25, 0.3) is 0 Å². The molecule has 0 unspecified atom stereocenters. The summed E-state index contributed by atoms with van der Waals surface area (Å²) >= 11 is 0. The minimum absolute atomic E-state index is 0.300. The molecule has 0 radical (unpaired) electrons. The van der Waals surface area contributed by atoms with Gasteiger partial charge in [0.05, 0.1) is 11.7 Å². The fraction of sp³-hybridized carbons (Fsp3) is 0.462. The standard InChI is InChI=1S/C13H16N2O/c1-4-11-7-10(2)8-14-13(11)15-6-5-12(9-15)16-3/h1,7-8,12H,5-6,9H2,2-3H3/t12-/m0/s1. The first-order valence-corrected chi connectivity index (χ1v) is 5.45. The average Bonchev–Trinajstić information content (AvgIpc) is 2.77. The van der Waals surface area contributed by atoms with E-state index in [1.807, 2.05) is 19.2 Å². The van der Waals surface area contributed by atoms with E-state index in [9.17, 15) is 0 Å². The molecule has 3 heteroatoms. The van der Waals surface area contributed by atoms with Crippen LogP contribution in [0.3, 0.4) is 0 Å². The molecule has 1 aromatic heterocycles. The highest BCUT2D eigenvalue weighted by atomic mass is 16.5. The molecule has 0 amide bonds. The maximum atomic E-state index is 5.51. The van der Waals surface area contributed by atoms with Gasteiger partial charge < -0.3 is 9.64 Å². The number of methoxy groups -OCH3 is 1. The SMILES string of the molecule is C#Cc1cc(C)cnc1N1CC[C@H](OC)C1. The number of nitrogens with zero attached hydrogens (tertiary/aromatic N) is 2. The molecule has 0 aliphatic carbocycles. The van der Waals surface area contributed by atoms with E-state index in [-0.39, 0.29) is 0 Å². The van der Waals surface area contributed by atoms with E-state index < -0.39 is 0 Å². The lowest BCUT2D eigenvalue weighted by Gasteiger charge is -2.18. The molecule has 1 aliphatic rings. The fourth-order valence-corrected chi connectivity index (χ4v) is 2.03. The average molecular weight is 216 g/mol. The van der Waals surface area contributed by atoms with Crippen LogP contribution in [0.15, 0.2) is 12.3 Å². The minimum atomic E-state index is 0.300. The number of pyridine rings is 1. The van der Waals surface area contributed by atoms with Gasteiger partial charge in [-0.25, -0.2) is 4.98 Å². The summed E-state index contributed by atoms with van der Waals surface area (Å²) in [6.07, 6.45) is 8.70. The molecule has 16 heavy (non-hydrogen) atoms. The third kappa shape index (κ3) is 2.02. The first-order chi connectivity index (χ1) is 7.74. The van der Waals surface area contributed by atoms with E-state index in [2.05, 4.69) is 15.8 Å². The molecule has 0 aromatic carbocycles. The van der Waals surface area contributed by atoms with Gasteiger partial charge in [0, 0.05) is 26.4 Å². The number of hydrogen-bond donors (Lipinski definition) is 0. The summed E-state index contributed by atoms with van der Waals surface area (Å²) in [6.45, 7) is 3.84. The van der Waals surface area contributed by atoms with E-state index in [0.717, 1.165) is 36.5 Å². The maximum absolute atomic E-state index is 5.51. The molecule has 1 atom stereocenters. The van der Waals surface area contributed by atoms with Crippen molar-refractivity contribution in [3.05, 3.63) is 23.4 Å². The number of rotatable bonds is 2. The van der Waals surface area contributed by atoms with Gasteiger partial charge in [-0.3, -0.25) is 0 Å². The van der Waals surface area contributed by atoms with E-state index >= 15 is 0 Å². The van der Waals surface area contributed by atoms with E-state index in [0.29, 0.717) is 6.10 Å². The van der Waals surface area contributed by atoms with Crippen molar-refractivity contribution in [3.63, 3.8) is 0 Å². The molecule has 1 aromatic rings. The Kier molecular flexibility index (Phi) is 3.12. The van der Waals surface area contributed by atoms with E-state index in [4.69, 9.17) is 11.2 Å². The first-order valence-electron chi connectivity index (χ1n) is 5.45. The van der Waals surface area contributed by atoms with Crippen molar-refractivity contribution >= 4 is 5.82 Å². The zero-order chi connectivity index (χ0) is 11.5. The number of anilines is 1. The zero-order valence-electron chi connectivity index (χ0n) is 9.73. The summed E-state index contributed by atoms with van der Waals surface area (Å²) < 4.78 is 5.34. The normalized spacial score (nSPS) is 19.8. The second kappa shape index (κ2) is 4.54. The van der Waals surface area contributed by atoms with Crippen molar-refractivity contribution in [3.8, 4) is 12.3 Å². The van der Waals surface area contributed by atoms with Crippen LogP contribution in [-0.2, 0) is 4.74 Å². The van der Waals surface area contributed by atoms with Crippen molar-refractivity contribution in [2.24, 2.45) is 0 Å². The molecular weight excluding hydrogens is 200 g/mol. The minimum Gasteiger partial charge on any atom is -0.380 e. The Morgan fingerprint density at radius 1 is 1.62 bits per heavy atom. The van der Waals surface area contributed by atoms with Gasteiger partial charge in [0.1, 0.15) is 5.82 Å². The van der Waals surface area contributed by atoms with E-state index in [1.165, 1.54) is 0 Å². The largest absolute Gasteiger partial charge is 0.380 e. The van der Waals surface area contributed by atoms with Crippen LogP contribution >= 0.6 is 0 Å². The summed E-state index contributed by atoms with van der Waals surface area (Å²) in [5.41, 5.74) is 1.97. The van der Waals surface area contributed by atoms with Gasteiger partial charge in [0.2, 0.25) is 0 Å². The van der Waals surface area contributed by atoms with Crippen molar-refractivity contribution in [1.82, 2.24) is 4.98 Å².